The summed E-state index contributed by atoms with van der Waals surface area (Å²) in [4.78, 5) is 2.13. The Hall–Kier alpha value is -0.500. The van der Waals surface area contributed by atoms with Gasteiger partial charge in [-0.05, 0) is 47.2 Å². The molecule has 1 aliphatic rings. The van der Waals surface area contributed by atoms with Gasteiger partial charge in [-0.15, -0.1) is 0 Å². The second kappa shape index (κ2) is 5.01. The number of rotatable bonds is 1. The van der Waals surface area contributed by atoms with E-state index in [1.165, 1.54) is 0 Å². The third kappa shape index (κ3) is 3.25. The Balaban J connectivity index is 2.23. The maximum absolute atomic E-state index is 11.5. The zero-order valence-corrected chi connectivity index (χ0v) is 12.4. The largest absolute Gasteiger partial charge is 0.399 e. The lowest BCUT2D eigenvalue weighted by Gasteiger charge is -2.23. The van der Waals surface area contributed by atoms with Crippen LogP contribution < -0.4 is 10.6 Å². The van der Waals surface area contributed by atoms with Crippen LogP contribution in [0.2, 0.25) is 0 Å². The topological polar surface area (TPSA) is 63.4 Å². The molecule has 0 aromatic heterocycles. The first-order valence-corrected chi connectivity index (χ1v) is 8.38. The highest BCUT2D eigenvalue weighted by Gasteiger charge is 2.20. The van der Waals surface area contributed by atoms with Crippen molar-refractivity contribution in [3.63, 3.8) is 0 Å². The van der Waals surface area contributed by atoms with Crippen LogP contribution in [0.5, 0.6) is 0 Å². The van der Waals surface area contributed by atoms with Crippen LogP contribution >= 0.6 is 22.6 Å². The Bertz CT molecular complexity index is 516. The fourth-order valence-electron chi connectivity index (χ4n) is 1.96. The number of anilines is 2. The van der Waals surface area contributed by atoms with E-state index in [4.69, 9.17) is 5.73 Å². The van der Waals surface area contributed by atoms with Gasteiger partial charge < -0.3 is 10.6 Å². The predicted octanol–water partition coefficient (Wildman–Crippen LogP) is 1.50. The summed E-state index contributed by atoms with van der Waals surface area (Å²) < 4.78 is 24.1. The van der Waals surface area contributed by atoms with E-state index in [2.05, 4.69) is 27.5 Å². The van der Waals surface area contributed by atoms with Gasteiger partial charge in [0, 0.05) is 22.3 Å². The molecule has 0 spiro atoms. The van der Waals surface area contributed by atoms with Crippen LogP contribution in [-0.4, -0.2) is 33.0 Å². The van der Waals surface area contributed by atoms with Gasteiger partial charge in [-0.25, -0.2) is 8.42 Å². The smallest absolute Gasteiger partial charge is 0.152 e. The third-order valence-corrected chi connectivity index (χ3v) is 5.45. The summed E-state index contributed by atoms with van der Waals surface area (Å²) in [7, 11) is -2.85. The Labute approximate surface area is 115 Å². The maximum Gasteiger partial charge on any atom is 0.152 e. The molecule has 2 rings (SSSR count). The number of nitrogens with two attached hydrogens (primary N) is 1. The summed E-state index contributed by atoms with van der Waals surface area (Å²) in [5, 5.41) is 0. The monoisotopic (exact) mass is 366 g/mol. The fraction of sp³-hybridized carbons (Fsp3) is 0.455. The third-order valence-electron chi connectivity index (χ3n) is 2.87. The first kappa shape index (κ1) is 12.9. The summed E-state index contributed by atoms with van der Waals surface area (Å²) >= 11 is 2.24. The van der Waals surface area contributed by atoms with Crippen LogP contribution in [0.3, 0.4) is 0 Å². The van der Waals surface area contributed by atoms with Crippen LogP contribution in [0, 0.1) is 3.57 Å². The quantitative estimate of drug-likeness (QED) is 0.605. The van der Waals surface area contributed by atoms with Crippen molar-refractivity contribution in [2.45, 2.75) is 6.42 Å². The zero-order chi connectivity index (χ0) is 12.5. The van der Waals surface area contributed by atoms with E-state index in [0.29, 0.717) is 18.7 Å². The first-order chi connectivity index (χ1) is 7.98. The van der Waals surface area contributed by atoms with Gasteiger partial charge >= 0.3 is 0 Å². The molecule has 4 nitrogen and oxygen atoms in total. The van der Waals surface area contributed by atoms with Gasteiger partial charge in [0.1, 0.15) is 0 Å². The summed E-state index contributed by atoms with van der Waals surface area (Å²) in [6.07, 6.45) is 0.697. The standard InChI is InChI=1S/C11H15IN2O2S/c12-10-8-9(13)2-3-11(10)14-4-1-6-17(15,16)7-5-14/h2-3,8H,1,4-7,13H2. The molecule has 1 aromatic rings. The summed E-state index contributed by atoms with van der Waals surface area (Å²) in [5.41, 5.74) is 7.53. The lowest BCUT2D eigenvalue weighted by Crippen LogP contribution is -2.27. The average Bonchev–Trinajstić information content (AvgIpc) is 2.40. The zero-order valence-electron chi connectivity index (χ0n) is 9.39. The lowest BCUT2D eigenvalue weighted by atomic mass is 10.2. The van der Waals surface area contributed by atoms with E-state index in [-0.39, 0.29) is 5.75 Å². The number of hydrogen-bond donors (Lipinski definition) is 1. The van der Waals surface area contributed by atoms with Gasteiger partial charge in [0.25, 0.3) is 0 Å². The van der Waals surface area contributed by atoms with Crippen molar-refractivity contribution >= 4 is 43.8 Å². The van der Waals surface area contributed by atoms with Crippen LogP contribution in [0.4, 0.5) is 11.4 Å². The van der Waals surface area contributed by atoms with Gasteiger partial charge in [0.2, 0.25) is 0 Å². The molecular weight excluding hydrogens is 351 g/mol. The Morgan fingerprint density at radius 2 is 2.00 bits per heavy atom. The summed E-state index contributed by atoms with van der Waals surface area (Å²) in [5.74, 6) is 0.544. The molecule has 1 fully saturated rings. The SMILES string of the molecule is Nc1ccc(N2CCCS(=O)(=O)CC2)c(I)c1. The number of hydrogen-bond acceptors (Lipinski definition) is 4. The molecule has 6 heteroatoms. The van der Waals surface area contributed by atoms with Gasteiger partial charge in [-0.1, -0.05) is 0 Å². The fourth-order valence-corrected chi connectivity index (χ4v) is 4.11. The van der Waals surface area contributed by atoms with Crippen molar-refractivity contribution < 1.29 is 8.42 Å². The molecule has 1 aliphatic heterocycles. The normalized spacial score (nSPS) is 19.9. The Morgan fingerprint density at radius 1 is 1.24 bits per heavy atom. The van der Waals surface area contributed by atoms with Crippen LogP contribution in [-0.2, 0) is 9.84 Å². The molecule has 0 saturated carbocycles. The van der Waals surface area contributed by atoms with Crippen molar-refractivity contribution in [1.29, 1.82) is 0 Å². The molecule has 2 N–H and O–H groups in total. The number of nitrogens with zero attached hydrogens (tertiary/aromatic N) is 1. The second-order valence-electron chi connectivity index (χ2n) is 4.20. The lowest BCUT2D eigenvalue weighted by molar-refractivity contribution is 0.597. The van der Waals surface area contributed by atoms with E-state index < -0.39 is 9.84 Å². The van der Waals surface area contributed by atoms with E-state index in [1.54, 1.807) is 0 Å². The molecule has 1 heterocycles. The molecule has 0 unspecified atom stereocenters. The first-order valence-electron chi connectivity index (χ1n) is 5.48. The van der Waals surface area contributed by atoms with Crippen molar-refractivity contribution in [2.75, 3.05) is 35.2 Å². The Kier molecular flexibility index (Phi) is 3.82. The molecule has 1 saturated heterocycles. The minimum Gasteiger partial charge on any atom is -0.399 e. The molecule has 0 radical (unpaired) electrons. The van der Waals surface area contributed by atoms with Crippen LogP contribution in [0.25, 0.3) is 0 Å². The highest BCUT2D eigenvalue weighted by Crippen LogP contribution is 2.25. The summed E-state index contributed by atoms with van der Waals surface area (Å²) in [6.45, 7) is 1.36. The Morgan fingerprint density at radius 3 is 2.71 bits per heavy atom. The molecular formula is C11H15IN2O2S. The molecule has 17 heavy (non-hydrogen) atoms. The van der Waals surface area contributed by atoms with Crippen molar-refractivity contribution in [3.8, 4) is 0 Å². The highest BCUT2D eigenvalue weighted by atomic mass is 127. The maximum atomic E-state index is 11.5. The van der Waals surface area contributed by atoms with E-state index in [0.717, 1.165) is 21.5 Å². The molecule has 1 aromatic carbocycles. The van der Waals surface area contributed by atoms with Crippen molar-refractivity contribution in [1.82, 2.24) is 0 Å². The minimum absolute atomic E-state index is 0.244. The second-order valence-corrected chi connectivity index (χ2v) is 7.67. The van der Waals surface area contributed by atoms with E-state index >= 15 is 0 Å². The van der Waals surface area contributed by atoms with Gasteiger partial charge in [-0.3, -0.25) is 0 Å². The van der Waals surface area contributed by atoms with E-state index in [9.17, 15) is 8.42 Å². The minimum atomic E-state index is -2.85. The van der Waals surface area contributed by atoms with Crippen LogP contribution in [0.1, 0.15) is 6.42 Å². The number of sulfone groups is 1. The number of halogens is 1. The van der Waals surface area contributed by atoms with Crippen molar-refractivity contribution in [3.05, 3.63) is 21.8 Å². The molecule has 0 aliphatic carbocycles. The molecule has 0 atom stereocenters. The van der Waals surface area contributed by atoms with Gasteiger partial charge in [-0.2, -0.15) is 0 Å². The molecule has 94 valence electrons. The van der Waals surface area contributed by atoms with Gasteiger partial charge in [0.05, 0.1) is 17.2 Å². The highest BCUT2D eigenvalue weighted by molar-refractivity contribution is 14.1. The van der Waals surface area contributed by atoms with Crippen molar-refractivity contribution in [2.24, 2.45) is 0 Å². The number of nitrogen functional groups attached to an aromatic ring is 1. The molecule has 0 bridgehead atoms. The van der Waals surface area contributed by atoms with E-state index in [1.807, 2.05) is 18.2 Å². The number of benzene rings is 1. The van der Waals surface area contributed by atoms with Gasteiger partial charge in [0.15, 0.2) is 9.84 Å². The van der Waals surface area contributed by atoms with Crippen LogP contribution in [0.15, 0.2) is 18.2 Å². The predicted molar refractivity (Wildman–Crippen MR) is 79.1 cm³/mol. The molecule has 0 amide bonds. The average molecular weight is 366 g/mol. The summed E-state index contributed by atoms with van der Waals surface area (Å²) in [6, 6.07) is 5.74.